The number of ether oxygens (including phenoxy) is 1. The molecule has 0 bridgehead atoms. The summed E-state index contributed by atoms with van der Waals surface area (Å²) in [5.41, 5.74) is 1.60. The molecule has 2 aromatic carbocycles. The summed E-state index contributed by atoms with van der Waals surface area (Å²) in [4.78, 5) is 0.252. The maximum Gasteiger partial charge on any atom is 0.261 e. The van der Waals surface area contributed by atoms with E-state index in [0.29, 0.717) is 12.3 Å². The molecule has 2 aromatic rings. The van der Waals surface area contributed by atoms with Gasteiger partial charge in [0.1, 0.15) is 5.75 Å². The van der Waals surface area contributed by atoms with Crippen LogP contribution in [0.4, 0.5) is 5.69 Å². The van der Waals surface area contributed by atoms with Crippen molar-refractivity contribution in [2.24, 2.45) is 0 Å². The molecule has 24 heavy (non-hydrogen) atoms. The molecule has 0 saturated carbocycles. The van der Waals surface area contributed by atoms with E-state index in [0.717, 1.165) is 17.7 Å². The van der Waals surface area contributed by atoms with Crippen molar-refractivity contribution < 1.29 is 13.2 Å². The maximum atomic E-state index is 12.5. The molecule has 0 radical (unpaired) electrons. The van der Waals surface area contributed by atoms with Crippen LogP contribution in [0.25, 0.3) is 0 Å². The lowest BCUT2D eigenvalue weighted by atomic mass is 9.87. The van der Waals surface area contributed by atoms with Crippen molar-refractivity contribution in [3.8, 4) is 5.75 Å². The van der Waals surface area contributed by atoms with Gasteiger partial charge in [-0.05, 0) is 53.8 Å². The highest BCUT2D eigenvalue weighted by Gasteiger charge is 2.17. The fourth-order valence-electron chi connectivity index (χ4n) is 2.19. The molecule has 0 saturated heterocycles. The third-order valence-electron chi connectivity index (χ3n) is 3.61. The molecule has 0 unspecified atom stereocenters. The number of benzene rings is 2. The Balaban J connectivity index is 2.13. The van der Waals surface area contributed by atoms with Gasteiger partial charge in [-0.2, -0.15) is 0 Å². The summed E-state index contributed by atoms with van der Waals surface area (Å²) in [6.45, 7) is 8.96. The van der Waals surface area contributed by atoms with Gasteiger partial charge in [-0.1, -0.05) is 39.8 Å². The first-order valence-electron chi connectivity index (χ1n) is 8.08. The van der Waals surface area contributed by atoms with Crippen molar-refractivity contribution in [3.05, 3.63) is 54.1 Å². The van der Waals surface area contributed by atoms with Gasteiger partial charge in [-0.3, -0.25) is 4.72 Å². The molecule has 1 N–H and O–H groups in total. The van der Waals surface area contributed by atoms with Crippen molar-refractivity contribution >= 4 is 15.7 Å². The van der Waals surface area contributed by atoms with E-state index in [1.54, 1.807) is 36.4 Å². The monoisotopic (exact) mass is 347 g/mol. The minimum Gasteiger partial charge on any atom is -0.494 e. The lowest BCUT2D eigenvalue weighted by Crippen LogP contribution is -2.14. The summed E-state index contributed by atoms with van der Waals surface area (Å²) in [6.07, 6.45) is 0.930. The summed E-state index contributed by atoms with van der Waals surface area (Å²) >= 11 is 0. The highest BCUT2D eigenvalue weighted by Crippen LogP contribution is 2.24. The first-order valence-corrected chi connectivity index (χ1v) is 9.57. The predicted molar refractivity (Wildman–Crippen MR) is 98.2 cm³/mol. The highest BCUT2D eigenvalue weighted by molar-refractivity contribution is 7.92. The number of sulfonamides is 1. The SMILES string of the molecule is CCCOc1ccc(NS(=O)(=O)c2ccc(C(C)(C)C)cc2)cc1. The lowest BCUT2D eigenvalue weighted by molar-refractivity contribution is 0.317. The molecule has 4 nitrogen and oxygen atoms in total. The fraction of sp³-hybridized carbons (Fsp3) is 0.368. The number of hydrogen-bond donors (Lipinski definition) is 1. The second-order valence-electron chi connectivity index (χ2n) is 6.75. The molecule has 0 aliphatic rings. The zero-order valence-electron chi connectivity index (χ0n) is 14.7. The second-order valence-corrected chi connectivity index (χ2v) is 8.44. The summed E-state index contributed by atoms with van der Waals surface area (Å²) in [5.74, 6) is 0.731. The van der Waals surface area contributed by atoms with E-state index in [4.69, 9.17) is 4.74 Å². The minimum atomic E-state index is -3.60. The Morgan fingerprint density at radius 1 is 0.958 bits per heavy atom. The number of rotatable bonds is 6. The number of hydrogen-bond acceptors (Lipinski definition) is 3. The van der Waals surface area contributed by atoms with Crippen LogP contribution in [0.5, 0.6) is 5.75 Å². The van der Waals surface area contributed by atoms with Crippen LogP contribution >= 0.6 is 0 Å². The van der Waals surface area contributed by atoms with E-state index < -0.39 is 10.0 Å². The van der Waals surface area contributed by atoms with Crippen molar-refractivity contribution in [3.63, 3.8) is 0 Å². The topological polar surface area (TPSA) is 55.4 Å². The molecule has 0 atom stereocenters. The van der Waals surface area contributed by atoms with Crippen molar-refractivity contribution in [2.45, 2.75) is 44.4 Å². The summed E-state index contributed by atoms with van der Waals surface area (Å²) in [5, 5.41) is 0. The summed E-state index contributed by atoms with van der Waals surface area (Å²) in [6, 6.07) is 13.9. The van der Waals surface area contributed by atoms with Gasteiger partial charge in [0.15, 0.2) is 0 Å². The minimum absolute atomic E-state index is 0.00988. The summed E-state index contributed by atoms with van der Waals surface area (Å²) in [7, 11) is -3.60. The first-order chi connectivity index (χ1) is 11.2. The van der Waals surface area contributed by atoms with Crippen LogP contribution in [-0.4, -0.2) is 15.0 Å². The van der Waals surface area contributed by atoms with Crippen LogP contribution in [0.1, 0.15) is 39.7 Å². The third kappa shape index (κ3) is 4.74. The predicted octanol–water partition coefficient (Wildman–Crippen LogP) is 4.57. The van der Waals surface area contributed by atoms with E-state index in [2.05, 4.69) is 25.5 Å². The largest absolute Gasteiger partial charge is 0.494 e. The molecule has 0 amide bonds. The Morgan fingerprint density at radius 2 is 1.54 bits per heavy atom. The van der Waals surface area contributed by atoms with Gasteiger partial charge in [-0.15, -0.1) is 0 Å². The quantitative estimate of drug-likeness (QED) is 0.832. The van der Waals surface area contributed by atoms with Crippen LogP contribution in [0, 0.1) is 0 Å². The van der Waals surface area contributed by atoms with Gasteiger partial charge in [0.2, 0.25) is 0 Å². The molecule has 0 aliphatic carbocycles. The Labute approximate surface area is 144 Å². The highest BCUT2D eigenvalue weighted by atomic mass is 32.2. The Morgan fingerprint density at radius 3 is 2.04 bits per heavy atom. The lowest BCUT2D eigenvalue weighted by Gasteiger charge is -2.19. The average Bonchev–Trinajstić information content (AvgIpc) is 2.53. The normalized spacial score (nSPS) is 12.0. The first kappa shape index (κ1) is 18.3. The zero-order chi connectivity index (χ0) is 17.8. The molecule has 0 aliphatic heterocycles. The molecule has 0 fully saturated rings. The third-order valence-corrected chi connectivity index (χ3v) is 5.01. The van der Waals surface area contributed by atoms with Crippen LogP contribution in [-0.2, 0) is 15.4 Å². The molecular weight excluding hydrogens is 322 g/mol. The van der Waals surface area contributed by atoms with Gasteiger partial charge in [0.05, 0.1) is 11.5 Å². The van der Waals surface area contributed by atoms with E-state index in [9.17, 15) is 8.42 Å². The number of anilines is 1. The number of nitrogens with one attached hydrogen (secondary N) is 1. The van der Waals surface area contributed by atoms with Crippen molar-refractivity contribution in [1.82, 2.24) is 0 Å². The van der Waals surface area contributed by atoms with Gasteiger partial charge < -0.3 is 4.74 Å². The van der Waals surface area contributed by atoms with Gasteiger partial charge in [0, 0.05) is 5.69 Å². The molecule has 0 aromatic heterocycles. The fourth-order valence-corrected chi connectivity index (χ4v) is 3.25. The van der Waals surface area contributed by atoms with Crippen molar-refractivity contribution in [1.29, 1.82) is 0 Å². The molecule has 0 spiro atoms. The Hall–Kier alpha value is -2.01. The van der Waals surface area contributed by atoms with Crippen molar-refractivity contribution in [2.75, 3.05) is 11.3 Å². The van der Waals surface area contributed by atoms with Gasteiger partial charge in [-0.25, -0.2) is 8.42 Å². The smallest absolute Gasteiger partial charge is 0.261 e. The molecular formula is C19H25NO3S. The Bertz CT molecular complexity index is 758. The van der Waals surface area contributed by atoms with Crippen LogP contribution in [0.3, 0.4) is 0 Å². The van der Waals surface area contributed by atoms with E-state index in [-0.39, 0.29) is 10.3 Å². The molecule has 130 valence electrons. The van der Waals surface area contributed by atoms with Crippen LogP contribution in [0.2, 0.25) is 0 Å². The average molecular weight is 347 g/mol. The maximum absolute atomic E-state index is 12.5. The van der Waals surface area contributed by atoms with E-state index in [1.165, 1.54) is 0 Å². The molecule has 2 rings (SSSR count). The molecule has 0 heterocycles. The zero-order valence-corrected chi connectivity index (χ0v) is 15.5. The Kier molecular flexibility index (Phi) is 5.54. The van der Waals surface area contributed by atoms with E-state index in [1.807, 2.05) is 19.1 Å². The molecule has 5 heteroatoms. The van der Waals surface area contributed by atoms with Gasteiger partial charge in [0.25, 0.3) is 10.0 Å². The van der Waals surface area contributed by atoms with Crippen LogP contribution in [0.15, 0.2) is 53.4 Å². The second kappa shape index (κ2) is 7.26. The standard InChI is InChI=1S/C19H25NO3S/c1-5-14-23-17-10-8-16(9-11-17)20-24(21,22)18-12-6-15(7-13-18)19(2,3)4/h6-13,20H,5,14H2,1-4H3. The van der Waals surface area contributed by atoms with E-state index >= 15 is 0 Å². The van der Waals surface area contributed by atoms with Crippen LogP contribution < -0.4 is 9.46 Å². The summed E-state index contributed by atoms with van der Waals surface area (Å²) < 4.78 is 33.0. The van der Waals surface area contributed by atoms with Gasteiger partial charge >= 0.3 is 0 Å².